The Hall–Kier alpha value is -2.99. The molecule has 1 aromatic heterocycles. The van der Waals surface area contributed by atoms with Crippen LogP contribution in [-0.2, 0) is 28.8 Å². The number of carbonyl (C=O) groups excluding carboxylic acids is 5. The summed E-state index contributed by atoms with van der Waals surface area (Å²) in [5.41, 5.74) is -0.154. The van der Waals surface area contributed by atoms with Crippen molar-refractivity contribution in [3.8, 4) is 0 Å². The molecular formula is C34H48ClN5O6S. The van der Waals surface area contributed by atoms with Gasteiger partial charge in [0.05, 0.1) is 22.6 Å². The Morgan fingerprint density at radius 3 is 2.45 bits per heavy atom. The highest BCUT2D eigenvalue weighted by Gasteiger charge is 2.55. The first kappa shape index (κ1) is 35.3. The van der Waals surface area contributed by atoms with Crippen molar-refractivity contribution in [2.45, 2.75) is 135 Å². The molecule has 13 heteroatoms. The highest BCUT2D eigenvalue weighted by atomic mass is 35.5. The van der Waals surface area contributed by atoms with Crippen molar-refractivity contribution < 1.29 is 28.8 Å². The van der Waals surface area contributed by atoms with Crippen LogP contribution in [0.2, 0.25) is 4.34 Å². The summed E-state index contributed by atoms with van der Waals surface area (Å²) in [6.07, 6.45) is 8.75. The van der Waals surface area contributed by atoms with E-state index in [1.165, 1.54) is 22.7 Å². The van der Waals surface area contributed by atoms with Gasteiger partial charge in [0.1, 0.15) is 12.1 Å². The van der Waals surface area contributed by atoms with Gasteiger partial charge in [0.25, 0.3) is 5.91 Å². The van der Waals surface area contributed by atoms with Crippen LogP contribution in [0.15, 0.2) is 16.6 Å². The molecule has 1 spiro atoms. The Kier molecular flexibility index (Phi) is 11.0. The minimum Gasteiger partial charge on any atom is -0.387 e. The number of nitrogens with zero attached hydrogens (tertiary/aromatic N) is 2. The normalized spacial score (nSPS) is 24.3. The van der Waals surface area contributed by atoms with Crippen LogP contribution in [0.3, 0.4) is 0 Å². The van der Waals surface area contributed by atoms with Crippen molar-refractivity contribution >= 4 is 58.1 Å². The molecule has 2 aliphatic heterocycles. The predicted octanol–water partition coefficient (Wildman–Crippen LogP) is 4.50. The second-order valence-electron chi connectivity index (χ2n) is 14.9. The number of ketones is 1. The Bertz CT molecular complexity index is 1400. The van der Waals surface area contributed by atoms with Crippen LogP contribution < -0.4 is 16.0 Å². The quantitative estimate of drug-likeness (QED) is 0.276. The number of likely N-dealkylation sites (tertiary alicyclic amines) is 1. The summed E-state index contributed by atoms with van der Waals surface area (Å²) in [5.74, 6) is -2.22. The van der Waals surface area contributed by atoms with Crippen LogP contribution in [0.4, 0.5) is 0 Å². The highest BCUT2D eigenvalue weighted by molar-refractivity contribution is 7.14. The number of rotatable bonds is 12. The molecule has 4 atom stereocenters. The number of Topliss-reactive ketones (excluding diaryl/α,β-unsaturated/α-hetero) is 1. The molecule has 258 valence electrons. The van der Waals surface area contributed by atoms with Gasteiger partial charge < -0.3 is 25.7 Å². The van der Waals surface area contributed by atoms with E-state index in [0.717, 1.165) is 44.1 Å². The van der Waals surface area contributed by atoms with Gasteiger partial charge >= 0.3 is 0 Å². The fourth-order valence-corrected chi connectivity index (χ4v) is 7.79. The molecule has 3 N–H and O–H groups in total. The minimum absolute atomic E-state index is 0.00158. The summed E-state index contributed by atoms with van der Waals surface area (Å²) in [6.45, 7) is 7.60. The zero-order valence-corrected chi connectivity index (χ0v) is 29.4. The monoisotopic (exact) mass is 689 g/mol. The Labute approximate surface area is 285 Å². The topological polar surface area (TPSA) is 146 Å². The van der Waals surface area contributed by atoms with Gasteiger partial charge in [-0.05, 0) is 49.5 Å². The van der Waals surface area contributed by atoms with Crippen LogP contribution >= 0.6 is 22.9 Å². The second-order valence-corrected chi connectivity index (χ2v) is 16.4. The van der Waals surface area contributed by atoms with E-state index < -0.39 is 52.6 Å². The highest BCUT2D eigenvalue weighted by Crippen LogP contribution is 2.41. The third-order valence-electron chi connectivity index (χ3n) is 9.69. The molecule has 4 amide bonds. The molecule has 2 saturated carbocycles. The lowest BCUT2D eigenvalue weighted by molar-refractivity contribution is -0.145. The first-order chi connectivity index (χ1) is 22.3. The molecule has 47 heavy (non-hydrogen) atoms. The van der Waals surface area contributed by atoms with E-state index in [-0.39, 0.29) is 31.3 Å². The Balaban J connectivity index is 1.37. The average molecular weight is 690 g/mol. The molecule has 0 radical (unpaired) electrons. The van der Waals surface area contributed by atoms with E-state index in [1.807, 2.05) is 33.1 Å². The summed E-state index contributed by atoms with van der Waals surface area (Å²) in [5, 5.41) is 14.8. The SMILES string of the molecule is CCC[C@H](NC(=O)[C@@H]1CC2(CC(c3csc(Cl)c3)=NO2)CN1C(=O)[C@@H](NC(=O)CC1CCCCC1)C(C)(C)C)C(=O)C(=O)NC1CC1. The Morgan fingerprint density at radius 2 is 1.83 bits per heavy atom. The molecule has 1 unspecified atom stereocenters. The zero-order valence-electron chi connectivity index (χ0n) is 27.9. The summed E-state index contributed by atoms with van der Waals surface area (Å²) >= 11 is 7.56. The zero-order chi connectivity index (χ0) is 33.9. The lowest BCUT2D eigenvalue weighted by atomic mass is 9.84. The molecule has 2 aliphatic carbocycles. The number of carbonyl (C=O) groups is 5. The lowest BCUT2D eigenvalue weighted by Gasteiger charge is -2.36. The van der Waals surface area contributed by atoms with Crippen molar-refractivity contribution in [1.82, 2.24) is 20.9 Å². The van der Waals surface area contributed by atoms with Gasteiger partial charge in [-0.15, -0.1) is 11.3 Å². The number of halogens is 1. The molecule has 1 saturated heterocycles. The Morgan fingerprint density at radius 1 is 1.11 bits per heavy atom. The number of hydrogen-bond acceptors (Lipinski definition) is 8. The maximum atomic E-state index is 14.5. The maximum absolute atomic E-state index is 14.5. The van der Waals surface area contributed by atoms with Gasteiger partial charge in [0, 0.05) is 36.2 Å². The van der Waals surface area contributed by atoms with Crippen molar-refractivity contribution in [3.05, 3.63) is 21.3 Å². The van der Waals surface area contributed by atoms with E-state index in [9.17, 15) is 24.0 Å². The minimum atomic E-state index is -1.03. The van der Waals surface area contributed by atoms with E-state index in [4.69, 9.17) is 16.4 Å². The van der Waals surface area contributed by atoms with E-state index in [0.29, 0.717) is 35.2 Å². The fraction of sp³-hybridized carbons (Fsp3) is 0.706. The molecule has 0 aromatic carbocycles. The van der Waals surface area contributed by atoms with Gasteiger partial charge in [-0.2, -0.15) is 0 Å². The van der Waals surface area contributed by atoms with Crippen molar-refractivity contribution in [3.63, 3.8) is 0 Å². The molecule has 5 rings (SSSR count). The molecule has 4 aliphatic rings. The number of nitrogens with one attached hydrogen (secondary N) is 3. The summed E-state index contributed by atoms with van der Waals surface area (Å²) < 4.78 is 0.610. The van der Waals surface area contributed by atoms with E-state index in [2.05, 4.69) is 21.1 Å². The van der Waals surface area contributed by atoms with Crippen molar-refractivity contribution in [1.29, 1.82) is 0 Å². The summed E-state index contributed by atoms with van der Waals surface area (Å²) in [7, 11) is 0. The van der Waals surface area contributed by atoms with Gasteiger partial charge in [-0.25, -0.2) is 0 Å². The predicted molar refractivity (Wildman–Crippen MR) is 180 cm³/mol. The van der Waals surface area contributed by atoms with Crippen LogP contribution in [0.25, 0.3) is 0 Å². The van der Waals surface area contributed by atoms with Gasteiger partial charge in [-0.1, -0.05) is 70.1 Å². The lowest BCUT2D eigenvalue weighted by Crippen LogP contribution is -2.59. The maximum Gasteiger partial charge on any atom is 0.289 e. The first-order valence-electron chi connectivity index (χ1n) is 17.0. The number of thiophene rings is 1. The number of amides is 4. The molecule has 1 aromatic rings. The van der Waals surface area contributed by atoms with Crippen molar-refractivity contribution in [2.75, 3.05) is 6.54 Å². The second kappa shape index (κ2) is 14.6. The third-order valence-corrected chi connectivity index (χ3v) is 10.8. The smallest absolute Gasteiger partial charge is 0.289 e. The average Bonchev–Trinajstić information content (AvgIpc) is 3.40. The largest absolute Gasteiger partial charge is 0.387 e. The van der Waals surface area contributed by atoms with Crippen LogP contribution in [0.5, 0.6) is 0 Å². The van der Waals surface area contributed by atoms with E-state index >= 15 is 0 Å². The van der Waals surface area contributed by atoms with Crippen LogP contribution in [0.1, 0.15) is 110 Å². The van der Waals surface area contributed by atoms with Gasteiger partial charge in [0.15, 0.2) is 5.60 Å². The first-order valence-corrected chi connectivity index (χ1v) is 18.3. The summed E-state index contributed by atoms with van der Waals surface area (Å²) in [4.78, 5) is 75.2. The molecule has 11 nitrogen and oxygen atoms in total. The number of hydrogen-bond donors (Lipinski definition) is 3. The summed E-state index contributed by atoms with van der Waals surface area (Å²) in [6, 6.07) is -1.14. The molecule has 0 bridgehead atoms. The third kappa shape index (κ3) is 8.73. The molecule has 3 heterocycles. The standard InChI is InChI=1S/C34H48ClN5O6S/c1-5-9-23(28(42)31(44)36-22-12-13-22)37-30(43)25-17-34(16-24(39-46-34)21-15-26(35)47-18-21)19-40(25)32(45)29(33(2,3)4)38-27(41)14-20-10-7-6-8-11-20/h15,18,20,22-23,25,29H,5-14,16-17,19H2,1-4H3,(H,36,44)(H,37,43)(H,38,41)/t23-,25-,29+,34?/m0/s1. The van der Waals surface area contributed by atoms with E-state index in [1.54, 1.807) is 6.07 Å². The van der Waals surface area contributed by atoms with Crippen LogP contribution in [0, 0.1) is 11.3 Å². The van der Waals surface area contributed by atoms with Crippen molar-refractivity contribution in [2.24, 2.45) is 16.5 Å². The molecule has 3 fully saturated rings. The fourth-order valence-electron chi connectivity index (χ4n) is 6.90. The van der Waals surface area contributed by atoms with Gasteiger partial charge in [0.2, 0.25) is 23.5 Å². The molecular weight excluding hydrogens is 642 g/mol. The van der Waals surface area contributed by atoms with Gasteiger partial charge in [-0.3, -0.25) is 24.0 Å². The van der Waals surface area contributed by atoms with Crippen LogP contribution in [-0.4, -0.2) is 76.3 Å². The number of oxime groups is 1.